The minimum Gasteiger partial charge on any atom is -0.386 e. The predicted octanol–water partition coefficient (Wildman–Crippen LogP) is 1.13. The molecule has 1 amide bonds. The van der Waals surface area contributed by atoms with E-state index in [0.29, 0.717) is 0 Å². The fourth-order valence-corrected chi connectivity index (χ4v) is 1.12. The number of aliphatic hydroxyl groups excluding tert-OH is 1. The van der Waals surface area contributed by atoms with Crippen LogP contribution in [0.25, 0.3) is 0 Å². The van der Waals surface area contributed by atoms with E-state index >= 15 is 0 Å². The second-order valence-corrected chi connectivity index (χ2v) is 3.12. The Morgan fingerprint density at radius 3 is 2.80 bits per heavy atom. The molecule has 2 N–H and O–H groups in total. The molecule has 0 aromatic heterocycles. The Balaban J connectivity index is 2.76. The van der Waals surface area contributed by atoms with Gasteiger partial charge in [-0.1, -0.05) is 0 Å². The molecule has 82 valence electrons. The quantitative estimate of drug-likeness (QED) is 0.794. The maximum atomic E-state index is 13.1. The molecule has 0 spiro atoms. The van der Waals surface area contributed by atoms with Crippen molar-refractivity contribution in [3.05, 3.63) is 35.4 Å². The molecule has 15 heavy (non-hydrogen) atoms. The highest BCUT2D eigenvalue weighted by atomic mass is 19.1. The van der Waals surface area contributed by atoms with Gasteiger partial charge in [-0.3, -0.25) is 4.79 Å². The first kappa shape index (κ1) is 11.6. The number of aliphatic hydroxyl groups is 1. The number of benzene rings is 1. The monoisotopic (exact) mass is 215 g/mol. The first-order valence-electron chi connectivity index (χ1n) is 4.38. The second-order valence-electron chi connectivity index (χ2n) is 3.12. The van der Waals surface area contributed by atoms with Crippen molar-refractivity contribution in [1.82, 2.24) is 5.32 Å². The van der Waals surface area contributed by atoms with Gasteiger partial charge in [-0.15, -0.1) is 0 Å². The summed E-state index contributed by atoms with van der Waals surface area (Å²) >= 11 is 0. The van der Waals surface area contributed by atoms with Gasteiger partial charge < -0.3 is 10.4 Å². The predicted molar refractivity (Wildman–Crippen MR) is 50.0 cm³/mol. The van der Waals surface area contributed by atoms with Crippen LogP contribution in [0.3, 0.4) is 0 Å². The van der Waals surface area contributed by atoms with Crippen LogP contribution in [0, 0.1) is 11.6 Å². The molecule has 1 unspecified atom stereocenters. The van der Waals surface area contributed by atoms with Crippen molar-refractivity contribution >= 4 is 5.91 Å². The fourth-order valence-electron chi connectivity index (χ4n) is 1.12. The molecule has 0 aliphatic carbocycles. The van der Waals surface area contributed by atoms with E-state index in [1.54, 1.807) is 0 Å². The number of hydrogen-bond donors (Lipinski definition) is 2. The van der Waals surface area contributed by atoms with Gasteiger partial charge in [0.15, 0.2) is 0 Å². The molecule has 0 heterocycles. The SMILES string of the molecule is CC(=O)NCC(O)c1cc(F)ccc1F. The van der Waals surface area contributed by atoms with Crippen LogP contribution < -0.4 is 5.32 Å². The lowest BCUT2D eigenvalue weighted by Crippen LogP contribution is -2.26. The van der Waals surface area contributed by atoms with Gasteiger partial charge >= 0.3 is 0 Å². The molecule has 0 radical (unpaired) electrons. The number of hydrogen-bond acceptors (Lipinski definition) is 2. The number of rotatable bonds is 3. The van der Waals surface area contributed by atoms with Gasteiger partial charge in [0.2, 0.25) is 5.91 Å². The van der Waals surface area contributed by atoms with E-state index in [-0.39, 0.29) is 18.0 Å². The molecule has 0 fully saturated rings. The second kappa shape index (κ2) is 4.84. The Kier molecular flexibility index (Phi) is 3.74. The van der Waals surface area contributed by atoms with Crippen molar-refractivity contribution < 1.29 is 18.7 Å². The molecular formula is C10H11F2NO2. The van der Waals surface area contributed by atoms with E-state index in [4.69, 9.17) is 0 Å². The topological polar surface area (TPSA) is 49.3 Å². The molecule has 1 atom stereocenters. The van der Waals surface area contributed by atoms with Gasteiger partial charge in [-0.05, 0) is 18.2 Å². The van der Waals surface area contributed by atoms with Gasteiger partial charge in [0.25, 0.3) is 0 Å². The minimum atomic E-state index is -1.25. The Labute approximate surface area is 85.7 Å². The van der Waals surface area contributed by atoms with Crippen molar-refractivity contribution in [2.75, 3.05) is 6.54 Å². The average molecular weight is 215 g/mol. The number of carbonyl (C=O) groups excluding carboxylic acids is 1. The van der Waals surface area contributed by atoms with Crippen LogP contribution in [0.1, 0.15) is 18.6 Å². The number of halogens is 2. The van der Waals surface area contributed by atoms with Crippen LogP contribution in [0.2, 0.25) is 0 Å². The summed E-state index contributed by atoms with van der Waals surface area (Å²) < 4.78 is 25.8. The van der Waals surface area contributed by atoms with E-state index in [0.717, 1.165) is 18.2 Å². The molecule has 1 aromatic carbocycles. The highest BCUT2D eigenvalue weighted by Gasteiger charge is 2.13. The number of carbonyl (C=O) groups is 1. The Morgan fingerprint density at radius 2 is 2.20 bits per heavy atom. The fraction of sp³-hybridized carbons (Fsp3) is 0.300. The molecule has 0 saturated heterocycles. The lowest BCUT2D eigenvalue weighted by atomic mass is 10.1. The third-order valence-electron chi connectivity index (χ3n) is 1.86. The molecule has 5 heteroatoms. The summed E-state index contributed by atoms with van der Waals surface area (Å²) in [5, 5.41) is 11.8. The zero-order chi connectivity index (χ0) is 11.4. The summed E-state index contributed by atoms with van der Waals surface area (Å²) in [5.74, 6) is -1.67. The maximum Gasteiger partial charge on any atom is 0.216 e. The molecule has 0 aliphatic rings. The van der Waals surface area contributed by atoms with E-state index in [9.17, 15) is 18.7 Å². The van der Waals surface area contributed by atoms with Gasteiger partial charge in [-0.2, -0.15) is 0 Å². The van der Waals surface area contributed by atoms with Crippen LogP contribution in [-0.4, -0.2) is 17.6 Å². The summed E-state index contributed by atoms with van der Waals surface area (Å²) in [7, 11) is 0. The molecular weight excluding hydrogens is 204 g/mol. The first-order chi connectivity index (χ1) is 7.00. The highest BCUT2D eigenvalue weighted by Crippen LogP contribution is 2.17. The van der Waals surface area contributed by atoms with Gasteiger partial charge in [0.1, 0.15) is 11.6 Å². The minimum absolute atomic E-state index is 0.143. The van der Waals surface area contributed by atoms with Gasteiger partial charge in [-0.25, -0.2) is 8.78 Å². The standard InChI is InChI=1S/C10H11F2NO2/c1-6(14)13-5-10(15)8-4-7(11)2-3-9(8)12/h2-4,10,15H,5H2,1H3,(H,13,14). The van der Waals surface area contributed by atoms with Crippen LogP contribution in [0.15, 0.2) is 18.2 Å². The molecule has 0 saturated carbocycles. The van der Waals surface area contributed by atoms with E-state index in [1.807, 2.05) is 0 Å². The lowest BCUT2D eigenvalue weighted by Gasteiger charge is -2.12. The molecule has 0 bridgehead atoms. The van der Waals surface area contributed by atoms with Crippen LogP contribution >= 0.6 is 0 Å². The zero-order valence-electron chi connectivity index (χ0n) is 8.13. The molecule has 1 rings (SSSR count). The average Bonchev–Trinajstić information content (AvgIpc) is 2.18. The van der Waals surface area contributed by atoms with Crippen molar-refractivity contribution in [2.24, 2.45) is 0 Å². The van der Waals surface area contributed by atoms with Crippen LogP contribution in [0.5, 0.6) is 0 Å². The number of amides is 1. The van der Waals surface area contributed by atoms with Gasteiger partial charge in [0, 0.05) is 19.0 Å². The van der Waals surface area contributed by atoms with Crippen molar-refractivity contribution in [3.8, 4) is 0 Å². The Bertz CT molecular complexity index is 368. The van der Waals surface area contributed by atoms with Crippen molar-refractivity contribution in [1.29, 1.82) is 0 Å². The summed E-state index contributed by atoms with van der Waals surface area (Å²) in [5.41, 5.74) is -0.163. The van der Waals surface area contributed by atoms with Crippen molar-refractivity contribution in [2.45, 2.75) is 13.0 Å². The summed E-state index contributed by atoms with van der Waals surface area (Å²) in [6, 6.07) is 2.80. The molecule has 1 aromatic rings. The van der Waals surface area contributed by atoms with Crippen LogP contribution in [-0.2, 0) is 4.79 Å². The smallest absolute Gasteiger partial charge is 0.216 e. The number of nitrogens with one attached hydrogen (secondary N) is 1. The lowest BCUT2D eigenvalue weighted by molar-refractivity contribution is -0.119. The summed E-state index contributed by atoms with van der Waals surface area (Å²) in [6.07, 6.45) is -1.25. The normalized spacial score (nSPS) is 12.3. The van der Waals surface area contributed by atoms with Crippen molar-refractivity contribution in [3.63, 3.8) is 0 Å². The van der Waals surface area contributed by atoms with Gasteiger partial charge in [0.05, 0.1) is 6.10 Å². The maximum absolute atomic E-state index is 13.1. The Morgan fingerprint density at radius 1 is 1.53 bits per heavy atom. The highest BCUT2D eigenvalue weighted by molar-refractivity contribution is 5.72. The third-order valence-corrected chi connectivity index (χ3v) is 1.86. The van der Waals surface area contributed by atoms with E-state index in [2.05, 4.69) is 5.32 Å². The first-order valence-corrected chi connectivity index (χ1v) is 4.38. The van der Waals surface area contributed by atoms with E-state index < -0.39 is 17.7 Å². The zero-order valence-corrected chi connectivity index (χ0v) is 8.13. The summed E-state index contributed by atoms with van der Waals surface area (Å²) in [4.78, 5) is 10.5. The summed E-state index contributed by atoms with van der Waals surface area (Å²) in [6.45, 7) is 1.13. The molecule has 0 aliphatic heterocycles. The van der Waals surface area contributed by atoms with E-state index in [1.165, 1.54) is 6.92 Å². The third kappa shape index (κ3) is 3.28. The molecule has 3 nitrogen and oxygen atoms in total. The largest absolute Gasteiger partial charge is 0.386 e. The van der Waals surface area contributed by atoms with Crippen LogP contribution in [0.4, 0.5) is 8.78 Å². The Hall–Kier alpha value is -1.49.